The van der Waals surface area contributed by atoms with E-state index in [0.29, 0.717) is 16.5 Å². The number of nitroso groups, excluding NO2 is 1. The Kier molecular flexibility index (Phi) is 6.74. The normalized spacial score (nSPS) is 12.4. The molecule has 4 aromatic rings. The Hall–Kier alpha value is -5.35. The summed E-state index contributed by atoms with van der Waals surface area (Å²) in [6, 6.07) is 12.1. The summed E-state index contributed by atoms with van der Waals surface area (Å²) in [4.78, 5) is 45.9. The zero-order chi connectivity index (χ0) is 27.6. The zero-order valence-corrected chi connectivity index (χ0v) is 19.5. The van der Waals surface area contributed by atoms with Gasteiger partial charge in [-0.05, 0) is 40.9 Å². The Morgan fingerprint density at radius 3 is 2.34 bits per heavy atom. The van der Waals surface area contributed by atoms with Crippen LogP contribution in [-0.4, -0.2) is 23.0 Å². The van der Waals surface area contributed by atoms with E-state index in [1.807, 2.05) is 0 Å². The Morgan fingerprint density at radius 2 is 1.66 bits per heavy atom. The highest BCUT2D eigenvalue weighted by Crippen LogP contribution is 2.38. The van der Waals surface area contributed by atoms with Gasteiger partial charge in [-0.15, -0.1) is 4.91 Å². The van der Waals surface area contributed by atoms with Crippen LogP contribution in [0.2, 0.25) is 0 Å². The van der Waals surface area contributed by atoms with Crippen molar-refractivity contribution in [1.82, 2.24) is 0 Å². The highest BCUT2D eigenvalue weighted by atomic mass is 32.2. The van der Waals surface area contributed by atoms with Crippen LogP contribution in [0.4, 0.5) is 22.7 Å². The van der Waals surface area contributed by atoms with Crippen LogP contribution in [0.3, 0.4) is 0 Å². The number of rotatable bonds is 7. The molecule has 0 aliphatic rings. The van der Waals surface area contributed by atoms with E-state index in [-0.39, 0.29) is 10.3 Å². The fourth-order valence-electron chi connectivity index (χ4n) is 3.36. The molecule has 0 saturated heterocycles. The maximum Gasteiger partial charge on any atom is 0.294 e. The summed E-state index contributed by atoms with van der Waals surface area (Å²) in [6.45, 7) is 0. The van der Waals surface area contributed by atoms with Crippen molar-refractivity contribution in [3.8, 4) is 5.75 Å². The molecule has 0 aromatic heterocycles. The lowest BCUT2D eigenvalue weighted by Crippen LogP contribution is -2.47. The minimum Gasteiger partial charge on any atom is -0.504 e. The van der Waals surface area contributed by atoms with Crippen molar-refractivity contribution < 1.29 is 23.0 Å². The van der Waals surface area contributed by atoms with E-state index in [4.69, 9.17) is 0 Å². The van der Waals surface area contributed by atoms with Gasteiger partial charge in [-0.2, -0.15) is 18.6 Å². The summed E-state index contributed by atoms with van der Waals surface area (Å²) in [7, 11) is -4.43. The van der Waals surface area contributed by atoms with Crippen LogP contribution < -0.4 is 32.4 Å². The van der Waals surface area contributed by atoms with Gasteiger partial charge in [0.25, 0.3) is 15.8 Å². The number of nitrogens with zero attached hydrogens (tertiary/aromatic N) is 4. The Balaban J connectivity index is 1.74. The van der Waals surface area contributed by atoms with E-state index >= 15 is 0 Å². The molecule has 0 fully saturated rings. The van der Waals surface area contributed by atoms with Gasteiger partial charge in [0.1, 0.15) is 11.0 Å². The van der Waals surface area contributed by atoms with E-state index in [1.54, 1.807) is 18.2 Å². The fourth-order valence-corrected chi connectivity index (χ4v) is 3.87. The van der Waals surface area contributed by atoms with Crippen LogP contribution in [-0.2, 0) is 10.1 Å². The summed E-state index contributed by atoms with van der Waals surface area (Å²) in [5.41, 5.74) is 1.82. The molecule has 0 heterocycles. The molecule has 15 nitrogen and oxygen atoms in total. The molecule has 0 bridgehead atoms. The number of hydrogen-bond donors (Lipinski definition) is 4. The highest BCUT2D eigenvalue weighted by Gasteiger charge is 2.17. The number of phenolic OH excluding ortho intramolecular Hbond substituents is 1. The molecule has 4 rings (SSSR count). The lowest BCUT2D eigenvalue weighted by atomic mass is 10.1. The average molecular weight is 538 g/mol. The summed E-state index contributed by atoms with van der Waals surface area (Å²) in [6.07, 6.45) is 0. The first kappa shape index (κ1) is 25.7. The van der Waals surface area contributed by atoms with Gasteiger partial charge >= 0.3 is 0 Å². The minimum absolute atomic E-state index is 0.305. The number of hydrogen-bond acceptors (Lipinski definition) is 13. The molecule has 38 heavy (non-hydrogen) atoms. The number of nitro benzene ring substituents is 1. The molecule has 0 aliphatic carbocycles. The fraction of sp³-hybridized carbons (Fsp3) is 0. The summed E-state index contributed by atoms with van der Waals surface area (Å²) < 4.78 is 32.0. The molecule has 0 atom stereocenters. The molecule has 4 N–H and O–H groups in total. The largest absolute Gasteiger partial charge is 0.504 e. The summed E-state index contributed by atoms with van der Waals surface area (Å²) >= 11 is 0. The average Bonchev–Trinajstić information content (AvgIpc) is 2.87. The Morgan fingerprint density at radius 1 is 0.921 bits per heavy atom. The van der Waals surface area contributed by atoms with Crippen LogP contribution in [0.25, 0.3) is 10.8 Å². The van der Waals surface area contributed by atoms with Crippen molar-refractivity contribution in [1.29, 1.82) is 0 Å². The van der Waals surface area contributed by atoms with E-state index in [0.717, 1.165) is 24.3 Å². The third-order valence-corrected chi connectivity index (χ3v) is 6.04. The molecular formula is C22H14N6O9S. The second-order valence-corrected chi connectivity index (χ2v) is 9.00. The van der Waals surface area contributed by atoms with E-state index in [1.165, 1.54) is 18.2 Å². The number of benzene rings is 4. The number of non-ortho nitro benzene ring substituents is 1. The molecule has 4 aromatic carbocycles. The maximum atomic E-state index is 12.8. The number of anilines is 2. The van der Waals surface area contributed by atoms with Gasteiger partial charge in [-0.25, -0.2) is 0 Å². The lowest BCUT2D eigenvalue weighted by molar-refractivity contribution is -0.384. The van der Waals surface area contributed by atoms with Gasteiger partial charge in [0.2, 0.25) is 10.9 Å². The van der Waals surface area contributed by atoms with Crippen molar-refractivity contribution in [2.24, 2.45) is 15.4 Å². The van der Waals surface area contributed by atoms with Gasteiger partial charge in [-0.1, -0.05) is 18.2 Å². The van der Waals surface area contributed by atoms with E-state index in [2.05, 4.69) is 26.2 Å². The first-order valence-electron chi connectivity index (χ1n) is 10.3. The van der Waals surface area contributed by atoms with Crippen LogP contribution in [0.5, 0.6) is 5.75 Å². The number of phenols is 1. The SMILES string of the molecule is O=Nc1cc([N+](=O)[O-])cc(NN=c2ccc(=O)c(=NNc3cccc4cc(S(=O)(=O)O)ccc34)c2=O)c1O. The quantitative estimate of drug-likeness (QED) is 0.0866. The van der Waals surface area contributed by atoms with Crippen LogP contribution in [0, 0.1) is 15.0 Å². The van der Waals surface area contributed by atoms with Gasteiger partial charge < -0.3 is 5.11 Å². The molecular weight excluding hydrogens is 524 g/mol. The van der Waals surface area contributed by atoms with Crippen LogP contribution in [0.15, 0.2) is 90.5 Å². The van der Waals surface area contributed by atoms with Crippen LogP contribution >= 0.6 is 0 Å². The van der Waals surface area contributed by atoms with Crippen molar-refractivity contribution in [3.05, 3.63) is 107 Å². The summed E-state index contributed by atoms with van der Waals surface area (Å²) in [5, 5.41) is 31.2. The van der Waals surface area contributed by atoms with Crippen molar-refractivity contribution >= 4 is 43.6 Å². The van der Waals surface area contributed by atoms with Gasteiger partial charge in [0, 0.05) is 17.5 Å². The standard InChI is InChI=1S/C22H14N6O9S/c29-19-7-6-16(24-25-17-9-12(28(33)34)10-18(27-32)21(17)30)22(31)20(19)26-23-15-3-1-2-11-8-13(38(35,36)37)4-5-14(11)15/h1-10,23,25,30H,(H,35,36,37). The van der Waals surface area contributed by atoms with E-state index < -0.39 is 54.1 Å². The van der Waals surface area contributed by atoms with Gasteiger partial charge in [0.05, 0.1) is 15.5 Å². The van der Waals surface area contributed by atoms with Gasteiger partial charge in [0.15, 0.2) is 16.8 Å². The zero-order valence-electron chi connectivity index (χ0n) is 18.7. The molecule has 192 valence electrons. The minimum atomic E-state index is -4.43. The summed E-state index contributed by atoms with van der Waals surface area (Å²) in [5.74, 6) is -0.748. The second kappa shape index (κ2) is 9.96. The molecule has 0 aliphatic heterocycles. The third kappa shape index (κ3) is 5.11. The van der Waals surface area contributed by atoms with Crippen molar-refractivity contribution in [2.75, 3.05) is 10.9 Å². The maximum absolute atomic E-state index is 12.8. The third-order valence-electron chi connectivity index (χ3n) is 5.19. The van der Waals surface area contributed by atoms with Crippen molar-refractivity contribution in [3.63, 3.8) is 0 Å². The number of aromatic hydroxyl groups is 1. The molecule has 0 radical (unpaired) electrons. The number of fused-ring (bicyclic) bond motifs is 1. The molecule has 0 spiro atoms. The van der Waals surface area contributed by atoms with Gasteiger partial charge in [-0.3, -0.25) is 35.1 Å². The van der Waals surface area contributed by atoms with Crippen molar-refractivity contribution in [2.45, 2.75) is 4.90 Å². The Bertz CT molecular complexity index is 1970. The lowest BCUT2D eigenvalue weighted by Gasteiger charge is -2.07. The predicted octanol–water partition coefficient (Wildman–Crippen LogP) is 1.55. The highest BCUT2D eigenvalue weighted by molar-refractivity contribution is 7.85. The second-order valence-electron chi connectivity index (χ2n) is 7.58. The molecule has 0 saturated carbocycles. The molecule has 0 unspecified atom stereocenters. The molecule has 0 amide bonds. The first-order chi connectivity index (χ1) is 18.0. The predicted molar refractivity (Wildman–Crippen MR) is 134 cm³/mol. The monoisotopic (exact) mass is 538 g/mol. The Labute approximate surface area is 210 Å². The number of nitrogens with one attached hydrogen (secondary N) is 2. The van der Waals surface area contributed by atoms with E-state index in [9.17, 15) is 42.7 Å². The first-order valence-corrected chi connectivity index (χ1v) is 11.7. The van der Waals surface area contributed by atoms with Crippen LogP contribution in [0.1, 0.15) is 0 Å². The number of nitro groups is 1. The smallest absolute Gasteiger partial charge is 0.294 e. The molecule has 16 heteroatoms. The topological polar surface area (TPSA) is 230 Å².